The second-order valence-electron chi connectivity index (χ2n) is 3.45. The lowest BCUT2D eigenvalue weighted by atomic mass is 10.1. The molecule has 2 rings (SSSR count). The molecule has 1 aliphatic rings. The van der Waals surface area contributed by atoms with Crippen molar-refractivity contribution < 1.29 is 4.74 Å². The molecule has 0 aromatic carbocycles. The van der Waals surface area contributed by atoms with Crippen LogP contribution in [0.3, 0.4) is 0 Å². The van der Waals surface area contributed by atoms with Crippen LogP contribution in [0.15, 0.2) is 30.7 Å². The minimum Gasteiger partial charge on any atom is -0.497 e. The minimum absolute atomic E-state index is 0.243. The van der Waals surface area contributed by atoms with Gasteiger partial charge in [-0.05, 0) is 31.1 Å². The van der Waals surface area contributed by atoms with E-state index in [1.807, 2.05) is 18.2 Å². The van der Waals surface area contributed by atoms with E-state index >= 15 is 0 Å². The van der Waals surface area contributed by atoms with Crippen LogP contribution in [0.1, 0.15) is 12.8 Å². The smallest absolute Gasteiger partial charge is 0.126 e. The molecule has 80 valence electrons. The number of rotatable bonds is 3. The SMILES string of the molecule is Clc1ccc(NCC2CCC=CO2)nc1. The van der Waals surface area contributed by atoms with Crippen molar-refractivity contribution in [3.63, 3.8) is 0 Å². The Labute approximate surface area is 94.1 Å². The Morgan fingerprint density at radius 2 is 2.47 bits per heavy atom. The van der Waals surface area contributed by atoms with Gasteiger partial charge in [-0.15, -0.1) is 0 Å². The van der Waals surface area contributed by atoms with Crippen molar-refractivity contribution in [3.8, 4) is 0 Å². The van der Waals surface area contributed by atoms with E-state index in [2.05, 4.69) is 10.3 Å². The highest BCUT2D eigenvalue weighted by atomic mass is 35.5. The van der Waals surface area contributed by atoms with Crippen LogP contribution in [0.5, 0.6) is 0 Å². The molecule has 1 aliphatic heterocycles. The molecule has 1 N–H and O–H groups in total. The third-order valence-corrected chi connectivity index (χ3v) is 2.48. The van der Waals surface area contributed by atoms with E-state index in [0.717, 1.165) is 25.2 Å². The summed E-state index contributed by atoms with van der Waals surface area (Å²) >= 11 is 5.74. The summed E-state index contributed by atoms with van der Waals surface area (Å²) in [6.07, 6.45) is 7.82. The van der Waals surface area contributed by atoms with Gasteiger partial charge >= 0.3 is 0 Å². The van der Waals surface area contributed by atoms with Gasteiger partial charge in [-0.1, -0.05) is 11.6 Å². The Morgan fingerprint density at radius 3 is 3.13 bits per heavy atom. The maximum absolute atomic E-state index is 5.74. The molecular weight excluding hydrogens is 212 g/mol. The van der Waals surface area contributed by atoms with Crippen LogP contribution in [-0.4, -0.2) is 17.6 Å². The van der Waals surface area contributed by atoms with Crippen LogP contribution in [0.4, 0.5) is 5.82 Å². The number of pyridine rings is 1. The molecule has 1 aromatic rings. The first-order valence-electron chi connectivity index (χ1n) is 5.00. The van der Waals surface area contributed by atoms with Crippen molar-refractivity contribution >= 4 is 17.4 Å². The van der Waals surface area contributed by atoms with Gasteiger partial charge in [0.2, 0.25) is 0 Å². The second kappa shape index (κ2) is 5.03. The van der Waals surface area contributed by atoms with Gasteiger partial charge < -0.3 is 10.1 Å². The van der Waals surface area contributed by atoms with Crippen molar-refractivity contribution in [1.82, 2.24) is 4.98 Å². The number of aromatic nitrogens is 1. The Kier molecular flexibility index (Phi) is 3.45. The summed E-state index contributed by atoms with van der Waals surface area (Å²) in [5, 5.41) is 3.86. The van der Waals surface area contributed by atoms with Gasteiger partial charge in [-0.2, -0.15) is 0 Å². The highest BCUT2D eigenvalue weighted by molar-refractivity contribution is 6.30. The third kappa shape index (κ3) is 3.13. The Balaban J connectivity index is 1.82. The topological polar surface area (TPSA) is 34.1 Å². The lowest BCUT2D eigenvalue weighted by molar-refractivity contribution is 0.135. The highest BCUT2D eigenvalue weighted by Crippen LogP contribution is 2.13. The number of nitrogens with zero attached hydrogens (tertiary/aromatic N) is 1. The zero-order valence-corrected chi connectivity index (χ0v) is 9.07. The molecule has 2 heterocycles. The van der Waals surface area contributed by atoms with Crippen molar-refractivity contribution in [2.45, 2.75) is 18.9 Å². The molecule has 0 saturated carbocycles. The molecule has 1 unspecified atom stereocenters. The standard InChI is InChI=1S/C11H13ClN2O/c12-9-4-5-11(13-7-9)14-8-10-3-1-2-6-15-10/h2,4-7,10H,1,3,8H2,(H,13,14). The molecule has 0 saturated heterocycles. The van der Waals surface area contributed by atoms with E-state index in [1.54, 1.807) is 12.5 Å². The monoisotopic (exact) mass is 224 g/mol. The molecule has 0 bridgehead atoms. The predicted molar refractivity (Wildman–Crippen MR) is 61.0 cm³/mol. The van der Waals surface area contributed by atoms with Gasteiger partial charge in [-0.25, -0.2) is 4.98 Å². The van der Waals surface area contributed by atoms with E-state index in [9.17, 15) is 0 Å². The van der Waals surface area contributed by atoms with Gasteiger partial charge in [0.25, 0.3) is 0 Å². The van der Waals surface area contributed by atoms with E-state index in [0.29, 0.717) is 5.02 Å². The molecular formula is C11H13ClN2O. The van der Waals surface area contributed by atoms with Gasteiger partial charge in [-0.3, -0.25) is 0 Å². The zero-order chi connectivity index (χ0) is 10.5. The van der Waals surface area contributed by atoms with Crippen molar-refractivity contribution in [3.05, 3.63) is 35.7 Å². The van der Waals surface area contributed by atoms with E-state index < -0.39 is 0 Å². The average molecular weight is 225 g/mol. The van der Waals surface area contributed by atoms with Gasteiger partial charge in [0.05, 0.1) is 17.8 Å². The maximum Gasteiger partial charge on any atom is 0.126 e. The highest BCUT2D eigenvalue weighted by Gasteiger charge is 2.10. The first kappa shape index (κ1) is 10.3. The molecule has 0 amide bonds. The number of ether oxygens (including phenoxy) is 1. The van der Waals surface area contributed by atoms with Crippen molar-refractivity contribution in [2.75, 3.05) is 11.9 Å². The normalized spacial score (nSPS) is 19.7. The maximum atomic E-state index is 5.74. The van der Waals surface area contributed by atoms with Gasteiger partial charge in [0.15, 0.2) is 0 Å². The molecule has 0 fully saturated rings. The number of hydrogen-bond donors (Lipinski definition) is 1. The molecule has 0 aliphatic carbocycles. The van der Waals surface area contributed by atoms with Gasteiger partial charge in [0.1, 0.15) is 11.9 Å². The van der Waals surface area contributed by atoms with Gasteiger partial charge in [0, 0.05) is 6.20 Å². The lowest BCUT2D eigenvalue weighted by Crippen LogP contribution is -2.23. The number of halogens is 1. The summed E-state index contributed by atoms with van der Waals surface area (Å²) in [7, 11) is 0. The fraction of sp³-hybridized carbons (Fsp3) is 0.364. The summed E-state index contributed by atoms with van der Waals surface area (Å²) < 4.78 is 5.43. The molecule has 0 spiro atoms. The molecule has 1 atom stereocenters. The fourth-order valence-corrected chi connectivity index (χ4v) is 1.55. The van der Waals surface area contributed by atoms with Crippen LogP contribution in [-0.2, 0) is 4.74 Å². The van der Waals surface area contributed by atoms with Crippen LogP contribution in [0, 0.1) is 0 Å². The molecule has 0 radical (unpaired) electrons. The first-order chi connectivity index (χ1) is 7.34. The number of allylic oxidation sites excluding steroid dienone is 1. The minimum atomic E-state index is 0.243. The summed E-state index contributed by atoms with van der Waals surface area (Å²) in [6, 6.07) is 3.68. The molecule has 15 heavy (non-hydrogen) atoms. The predicted octanol–water partition coefficient (Wildman–Crippen LogP) is 2.84. The van der Waals surface area contributed by atoms with E-state index in [4.69, 9.17) is 16.3 Å². The van der Waals surface area contributed by atoms with E-state index in [-0.39, 0.29) is 6.10 Å². The molecule has 4 heteroatoms. The second-order valence-corrected chi connectivity index (χ2v) is 3.89. The van der Waals surface area contributed by atoms with Crippen molar-refractivity contribution in [1.29, 1.82) is 0 Å². The fourth-order valence-electron chi connectivity index (χ4n) is 1.43. The number of nitrogens with one attached hydrogen (secondary N) is 1. The summed E-state index contributed by atoms with van der Waals surface area (Å²) in [5.74, 6) is 0.831. The number of anilines is 1. The van der Waals surface area contributed by atoms with E-state index in [1.165, 1.54) is 0 Å². The quantitative estimate of drug-likeness (QED) is 0.858. The summed E-state index contributed by atoms with van der Waals surface area (Å²) in [6.45, 7) is 0.777. The average Bonchev–Trinajstić information content (AvgIpc) is 2.30. The Bertz CT molecular complexity index is 337. The third-order valence-electron chi connectivity index (χ3n) is 2.26. The largest absolute Gasteiger partial charge is 0.497 e. The Hall–Kier alpha value is -1.22. The van der Waals surface area contributed by atoms with Crippen LogP contribution in [0.2, 0.25) is 5.02 Å². The van der Waals surface area contributed by atoms with Crippen molar-refractivity contribution in [2.24, 2.45) is 0 Å². The number of hydrogen-bond acceptors (Lipinski definition) is 3. The lowest BCUT2D eigenvalue weighted by Gasteiger charge is -2.19. The van der Waals surface area contributed by atoms with Crippen LogP contribution >= 0.6 is 11.6 Å². The Morgan fingerprint density at radius 1 is 1.53 bits per heavy atom. The van der Waals surface area contributed by atoms with Crippen LogP contribution in [0.25, 0.3) is 0 Å². The first-order valence-corrected chi connectivity index (χ1v) is 5.38. The summed E-state index contributed by atoms with van der Waals surface area (Å²) in [4.78, 5) is 4.15. The molecule has 3 nitrogen and oxygen atoms in total. The summed E-state index contributed by atoms with van der Waals surface area (Å²) in [5.41, 5.74) is 0. The molecule has 1 aromatic heterocycles. The zero-order valence-electron chi connectivity index (χ0n) is 8.32. The van der Waals surface area contributed by atoms with Crippen LogP contribution < -0.4 is 5.32 Å².